The molecule has 1 atom stereocenters. The molecule has 0 fully saturated rings. The maximum absolute atomic E-state index is 12.7. The number of furan rings is 1. The average Bonchev–Trinajstić information content (AvgIpc) is 3.00. The van der Waals surface area contributed by atoms with Gasteiger partial charge in [0.1, 0.15) is 11.5 Å². The van der Waals surface area contributed by atoms with E-state index in [0.717, 1.165) is 16.7 Å². The molecule has 0 radical (unpaired) electrons. The van der Waals surface area contributed by atoms with Crippen molar-refractivity contribution in [3.63, 3.8) is 0 Å². The van der Waals surface area contributed by atoms with E-state index < -0.39 is 0 Å². The fraction of sp³-hybridized carbons (Fsp3) is 0.263. The quantitative estimate of drug-likeness (QED) is 0.779. The number of para-hydroxylation sites is 1. The third kappa shape index (κ3) is 3.31. The van der Waals surface area contributed by atoms with Gasteiger partial charge in [0.15, 0.2) is 5.76 Å². The molecule has 0 aliphatic rings. The highest BCUT2D eigenvalue weighted by molar-refractivity contribution is 6.07. The molecule has 0 saturated carbocycles. The molecule has 1 amide bonds. The van der Waals surface area contributed by atoms with Gasteiger partial charge in [-0.2, -0.15) is 0 Å². The first-order valence-electron chi connectivity index (χ1n) is 7.85. The number of amides is 1. The number of pyridine rings is 1. The zero-order valence-corrected chi connectivity index (χ0v) is 14.0. The summed E-state index contributed by atoms with van der Waals surface area (Å²) in [6, 6.07) is 13.0. The van der Waals surface area contributed by atoms with E-state index in [1.54, 1.807) is 13.2 Å². The van der Waals surface area contributed by atoms with E-state index in [2.05, 4.69) is 10.3 Å². The van der Waals surface area contributed by atoms with Crippen molar-refractivity contribution < 1.29 is 13.9 Å². The summed E-state index contributed by atoms with van der Waals surface area (Å²) in [6.07, 6.45) is 0. The van der Waals surface area contributed by atoms with Crippen LogP contribution in [-0.4, -0.2) is 30.6 Å². The fourth-order valence-electron chi connectivity index (χ4n) is 2.65. The SMILES string of the molecule is COCC(C)NC(=O)c1cc(-c2ccc(C)o2)nc2ccccc12. The number of carbonyl (C=O) groups excluding carboxylic acids is 1. The Morgan fingerprint density at radius 2 is 2.08 bits per heavy atom. The third-order valence-corrected chi connectivity index (χ3v) is 3.75. The van der Waals surface area contributed by atoms with Crippen molar-refractivity contribution in [1.29, 1.82) is 0 Å². The first kappa shape index (κ1) is 16.2. The molecule has 0 aliphatic heterocycles. The zero-order valence-electron chi connectivity index (χ0n) is 14.0. The average molecular weight is 324 g/mol. The monoisotopic (exact) mass is 324 g/mol. The van der Waals surface area contributed by atoms with Crippen LogP contribution in [0.25, 0.3) is 22.4 Å². The van der Waals surface area contributed by atoms with E-state index >= 15 is 0 Å². The number of nitrogens with one attached hydrogen (secondary N) is 1. The zero-order chi connectivity index (χ0) is 17.1. The summed E-state index contributed by atoms with van der Waals surface area (Å²) in [4.78, 5) is 17.3. The van der Waals surface area contributed by atoms with Crippen molar-refractivity contribution in [3.05, 3.63) is 53.8 Å². The van der Waals surface area contributed by atoms with Gasteiger partial charge in [0.25, 0.3) is 5.91 Å². The number of carbonyl (C=O) groups is 1. The summed E-state index contributed by atoms with van der Waals surface area (Å²) >= 11 is 0. The third-order valence-electron chi connectivity index (χ3n) is 3.75. The highest BCUT2D eigenvalue weighted by atomic mass is 16.5. The van der Waals surface area contributed by atoms with Gasteiger partial charge < -0.3 is 14.5 Å². The van der Waals surface area contributed by atoms with Crippen LogP contribution in [0.1, 0.15) is 23.0 Å². The first-order valence-corrected chi connectivity index (χ1v) is 7.85. The number of hydrogen-bond donors (Lipinski definition) is 1. The molecule has 5 nitrogen and oxygen atoms in total. The molecule has 1 unspecified atom stereocenters. The van der Waals surface area contributed by atoms with Crippen molar-refractivity contribution >= 4 is 16.8 Å². The van der Waals surface area contributed by atoms with Gasteiger partial charge in [0.2, 0.25) is 0 Å². The van der Waals surface area contributed by atoms with Gasteiger partial charge in [-0.25, -0.2) is 4.98 Å². The largest absolute Gasteiger partial charge is 0.460 e. The highest BCUT2D eigenvalue weighted by Gasteiger charge is 2.16. The van der Waals surface area contributed by atoms with E-state index in [0.29, 0.717) is 23.6 Å². The van der Waals surface area contributed by atoms with Crippen molar-refractivity contribution in [2.45, 2.75) is 19.9 Å². The predicted octanol–water partition coefficient (Wildman–Crippen LogP) is 3.57. The maximum atomic E-state index is 12.7. The van der Waals surface area contributed by atoms with Crippen LogP contribution in [-0.2, 0) is 4.74 Å². The minimum absolute atomic E-state index is 0.0799. The Balaban J connectivity index is 2.06. The number of aromatic nitrogens is 1. The fourth-order valence-corrected chi connectivity index (χ4v) is 2.65. The Morgan fingerprint density at radius 1 is 1.29 bits per heavy atom. The minimum Gasteiger partial charge on any atom is -0.460 e. The van der Waals surface area contributed by atoms with Crippen LogP contribution in [0.2, 0.25) is 0 Å². The van der Waals surface area contributed by atoms with Gasteiger partial charge in [-0.15, -0.1) is 0 Å². The lowest BCUT2D eigenvalue weighted by Crippen LogP contribution is -2.35. The topological polar surface area (TPSA) is 64.4 Å². The molecule has 24 heavy (non-hydrogen) atoms. The van der Waals surface area contributed by atoms with Crippen LogP contribution < -0.4 is 5.32 Å². The van der Waals surface area contributed by atoms with Crippen LogP contribution in [0, 0.1) is 6.92 Å². The lowest BCUT2D eigenvalue weighted by molar-refractivity contribution is 0.0907. The number of hydrogen-bond acceptors (Lipinski definition) is 4. The standard InChI is InChI=1S/C19H20N2O3/c1-12(11-23-3)20-19(22)15-10-17(18-9-8-13(2)24-18)21-16-7-5-4-6-14(15)16/h4-10,12H,11H2,1-3H3,(H,20,22). The summed E-state index contributed by atoms with van der Waals surface area (Å²) in [6.45, 7) is 4.24. The first-order chi connectivity index (χ1) is 11.6. The number of rotatable bonds is 5. The molecular weight excluding hydrogens is 304 g/mol. The predicted molar refractivity (Wildman–Crippen MR) is 93.0 cm³/mol. The van der Waals surface area contributed by atoms with Crippen molar-refractivity contribution in [2.75, 3.05) is 13.7 Å². The molecule has 1 N–H and O–H groups in total. The molecule has 3 rings (SSSR count). The lowest BCUT2D eigenvalue weighted by atomic mass is 10.1. The molecular formula is C19H20N2O3. The molecule has 124 valence electrons. The molecule has 0 saturated heterocycles. The lowest BCUT2D eigenvalue weighted by Gasteiger charge is -2.14. The second kappa shape index (κ2) is 6.84. The molecule has 2 heterocycles. The van der Waals surface area contributed by atoms with Gasteiger partial charge in [0.05, 0.1) is 17.7 Å². The second-order valence-corrected chi connectivity index (χ2v) is 5.81. The van der Waals surface area contributed by atoms with Crippen LogP contribution in [0.4, 0.5) is 0 Å². The van der Waals surface area contributed by atoms with Crippen molar-refractivity contribution in [2.24, 2.45) is 0 Å². The van der Waals surface area contributed by atoms with E-state index in [1.165, 1.54) is 0 Å². The van der Waals surface area contributed by atoms with E-state index in [-0.39, 0.29) is 11.9 Å². The molecule has 1 aromatic carbocycles. The van der Waals surface area contributed by atoms with Gasteiger partial charge >= 0.3 is 0 Å². The molecule has 0 aliphatic carbocycles. The normalized spacial score (nSPS) is 12.3. The maximum Gasteiger partial charge on any atom is 0.252 e. The Bertz CT molecular complexity index is 870. The van der Waals surface area contributed by atoms with Crippen molar-refractivity contribution in [1.82, 2.24) is 10.3 Å². The van der Waals surface area contributed by atoms with Gasteiger partial charge in [-0.05, 0) is 38.1 Å². The highest BCUT2D eigenvalue weighted by Crippen LogP contribution is 2.26. The molecule has 2 aromatic heterocycles. The van der Waals surface area contributed by atoms with Crippen LogP contribution in [0.15, 0.2) is 46.9 Å². The molecule has 5 heteroatoms. The summed E-state index contributed by atoms with van der Waals surface area (Å²) in [5.74, 6) is 1.31. The van der Waals surface area contributed by atoms with Crippen LogP contribution in [0.3, 0.4) is 0 Å². The minimum atomic E-state index is -0.150. The number of aryl methyl sites for hydroxylation is 1. The summed E-state index contributed by atoms with van der Waals surface area (Å²) in [7, 11) is 1.61. The molecule has 0 bridgehead atoms. The van der Waals surface area contributed by atoms with E-state index in [1.807, 2.05) is 50.2 Å². The summed E-state index contributed by atoms with van der Waals surface area (Å²) in [5.41, 5.74) is 1.98. The van der Waals surface area contributed by atoms with E-state index in [4.69, 9.17) is 9.15 Å². The van der Waals surface area contributed by atoms with Crippen molar-refractivity contribution in [3.8, 4) is 11.5 Å². The van der Waals surface area contributed by atoms with Crippen LogP contribution in [0.5, 0.6) is 0 Å². The van der Waals surface area contributed by atoms with Gasteiger partial charge in [0, 0.05) is 18.5 Å². The van der Waals surface area contributed by atoms with Gasteiger partial charge in [-0.1, -0.05) is 18.2 Å². The van der Waals surface area contributed by atoms with Crippen LogP contribution >= 0.6 is 0 Å². The molecule has 3 aromatic rings. The number of fused-ring (bicyclic) bond motifs is 1. The van der Waals surface area contributed by atoms with E-state index in [9.17, 15) is 4.79 Å². The Morgan fingerprint density at radius 3 is 2.79 bits per heavy atom. The van der Waals surface area contributed by atoms with Gasteiger partial charge in [-0.3, -0.25) is 4.79 Å². The second-order valence-electron chi connectivity index (χ2n) is 5.81. The smallest absolute Gasteiger partial charge is 0.252 e. The molecule has 0 spiro atoms. The Hall–Kier alpha value is -2.66. The number of benzene rings is 1. The number of nitrogens with zero attached hydrogens (tertiary/aromatic N) is 1. The summed E-state index contributed by atoms with van der Waals surface area (Å²) < 4.78 is 10.7. The summed E-state index contributed by atoms with van der Waals surface area (Å²) in [5, 5.41) is 3.76. The number of ether oxygens (including phenoxy) is 1. The Kier molecular flexibility index (Phi) is 4.62. The Labute approximate surface area is 140 Å². The number of methoxy groups -OCH3 is 1.